The molecule has 1 aliphatic heterocycles. The fraction of sp³-hybridized carbons (Fsp3) is 0.182. The van der Waals surface area contributed by atoms with Crippen LogP contribution in [0.2, 0.25) is 5.15 Å². The second-order valence-electron chi connectivity index (χ2n) is 6.46. The molecule has 1 aromatic heterocycles. The molecule has 2 aliphatic rings. The Bertz CT molecular complexity index is 1040. The second kappa shape index (κ2) is 6.48. The molecule has 0 spiro atoms. The summed E-state index contributed by atoms with van der Waals surface area (Å²) < 4.78 is 0. The molecule has 1 N–H and O–H groups in total. The van der Waals surface area contributed by atoms with Crippen molar-refractivity contribution in [2.75, 3.05) is 6.54 Å². The number of allylic oxidation sites excluding steroid dienone is 2. The zero-order valence-corrected chi connectivity index (χ0v) is 15.2. The van der Waals surface area contributed by atoms with E-state index in [2.05, 4.69) is 40.9 Å². The SMILES string of the molecule is C=CC#Cc1cc2c(c(-c3ccnc(Cl)c3)c1)C1CCNC(=O)C1=C2C. The first-order valence-corrected chi connectivity index (χ1v) is 8.89. The van der Waals surface area contributed by atoms with Crippen molar-refractivity contribution in [3.8, 4) is 23.0 Å². The molecule has 26 heavy (non-hydrogen) atoms. The Morgan fingerprint density at radius 3 is 2.92 bits per heavy atom. The molecular formula is C22H17ClN2O. The van der Waals surface area contributed by atoms with Crippen molar-refractivity contribution in [3.05, 3.63) is 70.5 Å². The molecule has 4 rings (SSSR count). The second-order valence-corrected chi connectivity index (χ2v) is 6.85. The highest BCUT2D eigenvalue weighted by atomic mass is 35.5. The number of fused-ring (bicyclic) bond motifs is 3. The Morgan fingerprint density at radius 2 is 2.15 bits per heavy atom. The number of pyridine rings is 1. The zero-order chi connectivity index (χ0) is 18.3. The molecule has 4 heteroatoms. The van der Waals surface area contributed by atoms with Crippen molar-refractivity contribution in [1.29, 1.82) is 0 Å². The van der Waals surface area contributed by atoms with Gasteiger partial charge in [-0.3, -0.25) is 4.79 Å². The number of rotatable bonds is 1. The molecule has 0 radical (unpaired) electrons. The number of halogens is 1. The van der Waals surface area contributed by atoms with Gasteiger partial charge in [0.1, 0.15) is 5.15 Å². The molecule has 128 valence electrons. The summed E-state index contributed by atoms with van der Waals surface area (Å²) in [5.41, 5.74) is 7.15. The Kier molecular flexibility index (Phi) is 4.14. The lowest BCUT2D eigenvalue weighted by Gasteiger charge is -2.24. The van der Waals surface area contributed by atoms with Crippen LogP contribution < -0.4 is 5.32 Å². The molecule has 2 aromatic rings. The number of benzene rings is 1. The quantitative estimate of drug-likeness (QED) is 0.607. The maximum absolute atomic E-state index is 12.5. The third-order valence-corrected chi connectivity index (χ3v) is 5.21. The van der Waals surface area contributed by atoms with Gasteiger partial charge in [0.15, 0.2) is 0 Å². The van der Waals surface area contributed by atoms with Crippen molar-refractivity contribution in [2.24, 2.45) is 0 Å². The van der Waals surface area contributed by atoms with Crippen molar-refractivity contribution < 1.29 is 4.79 Å². The van der Waals surface area contributed by atoms with Crippen LogP contribution in [0, 0.1) is 11.8 Å². The molecule has 0 saturated carbocycles. The highest BCUT2D eigenvalue weighted by Gasteiger charge is 2.37. The minimum absolute atomic E-state index is 0.0346. The van der Waals surface area contributed by atoms with Crippen LogP contribution in [0.4, 0.5) is 0 Å². The first-order chi connectivity index (χ1) is 12.6. The van der Waals surface area contributed by atoms with Gasteiger partial charge in [0.25, 0.3) is 0 Å². The van der Waals surface area contributed by atoms with E-state index in [1.807, 2.05) is 19.1 Å². The average Bonchev–Trinajstić information content (AvgIpc) is 2.93. The number of nitrogens with one attached hydrogen (secondary N) is 1. The van der Waals surface area contributed by atoms with Crippen LogP contribution in [-0.2, 0) is 4.79 Å². The third kappa shape index (κ3) is 2.64. The lowest BCUT2D eigenvalue weighted by atomic mass is 9.84. The minimum Gasteiger partial charge on any atom is -0.352 e. The highest BCUT2D eigenvalue weighted by Crippen LogP contribution is 2.49. The van der Waals surface area contributed by atoms with Crippen molar-refractivity contribution in [3.63, 3.8) is 0 Å². The van der Waals surface area contributed by atoms with Crippen LogP contribution >= 0.6 is 11.6 Å². The standard InChI is InChI=1S/C22H17ClN2O/c1-3-4-5-14-10-17-13(2)20-16(7-9-25-22(20)26)21(17)18(11-14)15-6-8-24-19(23)12-15/h3,6,8,10-12,16H,1,7,9H2,2H3,(H,25,26). The zero-order valence-electron chi connectivity index (χ0n) is 14.4. The van der Waals surface area contributed by atoms with E-state index in [-0.39, 0.29) is 11.8 Å². The van der Waals surface area contributed by atoms with E-state index in [4.69, 9.17) is 11.6 Å². The molecule has 1 fully saturated rings. The Morgan fingerprint density at radius 1 is 1.35 bits per heavy atom. The summed E-state index contributed by atoms with van der Waals surface area (Å²) in [4.78, 5) is 16.6. The number of aromatic nitrogens is 1. The van der Waals surface area contributed by atoms with Crippen LogP contribution in [0.25, 0.3) is 16.7 Å². The van der Waals surface area contributed by atoms with Crippen molar-refractivity contribution in [2.45, 2.75) is 19.3 Å². The predicted molar refractivity (Wildman–Crippen MR) is 105 cm³/mol. The van der Waals surface area contributed by atoms with Gasteiger partial charge in [-0.05, 0) is 71.5 Å². The maximum Gasteiger partial charge on any atom is 0.248 e. The van der Waals surface area contributed by atoms with Crippen LogP contribution in [0.5, 0.6) is 0 Å². The molecule has 1 saturated heterocycles. The Labute approximate surface area is 157 Å². The summed E-state index contributed by atoms with van der Waals surface area (Å²) >= 11 is 6.13. The van der Waals surface area contributed by atoms with Gasteiger partial charge in [0.05, 0.1) is 0 Å². The Hall–Kier alpha value is -2.83. The lowest BCUT2D eigenvalue weighted by molar-refractivity contribution is -0.118. The van der Waals surface area contributed by atoms with Gasteiger partial charge in [-0.2, -0.15) is 0 Å². The number of hydrogen-bond acceptors (Lipinski definition) is 2. The van der Waals surface area contributed by atoms with E-state index < -0.39 is 0 Å². The van der Waals surface area contributed by atoms with Crippen LogP contribution in [0.3, 0.4) is 0 Å². The topological polar surface area (TPSA) is 42.0 Å². The number of hydrogen-bond donors (Lipinski definition) is 1. The summed E-state index contributed by atoms with van der Waals surface area (Å²) in [5, 5.41) is 3.41. The molecule has 1 aliphatic carbocycles. The summed E-state index contributed by atoms with van der Waals surface area (Å²) in [6.45, 7) is 6.37. The lowest BCUT2D eigenvalue weighted by Crippen LogP contribution is -2.34. The van der Waals surface area contributed by atoms with Crippen molar-refractivity contribution in [1.82, 2.24) is 10.3 Å². The molecule has 3 nitrogen and oxygen atoms in total. The van der Waals surface area contributed by atoms with E-state index in [0.717, 1.165) is 39.8 Å². The minimum atomic E-state index is 0.0346. The largest absolute Gasteiger partial charge is 0.352 e. The molecule has 1 amide bonds. The number of nitrogens with zero attached hydrogens (tertiary/aromatic N) is 1. The number of carbonyl (C=O) groups is 1. The van der Waals surface area contributed by atoms with E-state index in [9.17, 15) is 4.79 Å². The van der Waals surface area contributed by atoms with Crippen LogP contribution in [0.15, 0.2) is 48.7 Å². The summed E-state index contributed by atoms with van der Waals surface area (Å²) in [6.07, 6.45) is 4.18. The van der Waals surface area contributed by atoms with E-state index in [1.165, 1.54) is 5.56 Å². The summed E-state index contributed by atoms with van der Waals surface area (Å²) in [6, 6.07) is 7.95. The number of piperidine rings is 1. The fourth-order valence-electron chi connectivity index (χ4n) is 3.95. The first kappa shape index (κ1) is 16.6. The average molecular weight is 361 g/mol. The normalized spacial score (nSPS) is 17.8. The van der Waals surface area contributed by atoms with Gasteiger partial charge < -0.3 is 5.32 Å². The highest BCUT2D eigenvalue weighted by molar-refractivity contribution is 6.29. The van der Waals surface area contributed by atoms with Crippen LogP contribution in [0.1, 0.15) is 36.0 Å². The van der Waals surface area contributed by atoms with Gasteiger partial charge in [-0.15, -0.1) is 0 Å². The molecular weight excluding hydrogens is 344 g/mol. The molecule has 2 heterocycles. The predicted octanol–water partition coefficient (Wildman–Crippen LogP) is 4.33. The molecule has 1 unspecified atom stereocenters. The van der Waals surface area contributed by atoms with Gasteiger partial charge >= 0.3 is 0 Å². The van der Waals surface area contributed by atoms with Gasteiger partial charge in [0, 0.05) is 29.8 Å². The summed E-state index contributed by atoms with van der Waals surface area (Å²) in [5.74, 6) is 6.18. The smallest absolute Gasteiger partial charge is 0.248 e. The van der Waals surface area contributed by atoms with E-state index in [0.29, 0.717) is 11.7 Å². The molecule has 0 bridgehead atoms. The number of amides is 1. The third-order valence-electron chi connectivity index (χ3n) is 5.00. The number of carbonyl (C=O) groups excluding carboxylic acids is 1. The molecule has 1 atom stereocenters. The van der Waals surface area contributed by atoms with Gasteiger partial charge in [-0.1, -0.05) is 30.0 Å². The fourth-order valence-corrected chi connectivity index (χ4v) is 4.12. The van der Waals surface area contributed by atoms with Gasteiger partial charge in [0.2, 0.25) is 5.91 Å². The van der Waals surface area contributed by atoms with E-state index >= 15 is 0 Å². The van der Waals surface area contributed by atoms with Crippen LogP contribution in [-0.4, -0.2) is 17.4 Å². The Balaban J connectivity index is 2.00. The first-order valence-electron chi connectivity index (χ1n) is 8.52. The molecule has 1 aromatic carbocycles. The summed E-state index contributed by atoms with van der Waals surface area (Å²) in [7, 11) is 0. The maximum atomic E-state index is 12.5. The monoisotopic (exact) mass is 360 g/mol. The van der Waals surface area contributed by atoms with Crippen molar-refractivity contribution >= 4 is 23.1 Å². The van der Waals surface area contributed by atoms with E-state index in [1.54, 1.807) is 12.3 Å². The van der Waals surface area contributed by atoms with Gasteiger partial charge in [-0.25, -0.2) is 4.98 Å².